The van der Waals surface area contributed by atoms with Crippen LogP contribution in [0.15, 0.2) is 48.7 Å². The zero-order valence-corrected chi connectivity index (χ0v) is 19.3. The molecule has 3 heterocycles. The number of rotatable bonds is 8. The summed E-state index contributed by atoms with van der Waals surface area (Å²) in [5, 5.41) is 0. The van der Waals surface area contributed by atoms with E-state index in [0.29, 0.717) is 12.2 Å². The molecule has 4 rings (SSSR count). The molecule has 1 fully saturated rings. The minimum absolute atomic E-state index is 0.00445. The van der Waals surface area contributed by atoms with E-state index in [1.165, 1.54) is 0 Å². The molecule has 1 saturated heterocycles. The lowest BCUT2D eigenvalue weighted by molar-refractivity contribution is 0.0785. The Morgan fingerprint density at radius 3 is 2.59 bits per heavy atom. The first kappa shape index (κ1) is 22.1. The van der Waals surface area contributed by atoms with Crippen LogP contribution in [-0.2, 0) is 6.54 Å². The number of unbranched alkanes of at least 4 members (excludes halogenated alkanes) is 1. The number of aromatic nitrogens is 2. The topological polar surface area (TPSA) is 53.3 Å². The molecular formula is C25H33N5O2. The fourth-order valence-electron chi connectivity index (χ4n) is 4.30. The fraction of sp³-hybridized carbons (Fsp3) is 0.440. The highest BCUT2D eigenvalue weighted by molar-refractivity contribution is 5.94. The number of para-hydroxylation sites is 2. The van der Waals surface area contributed by atoms with Gasteiger partial charge < -0.3 is 18.9 Å². The van der Waals surface area contributed by atoms with Gasteiger partial charge in [-0.05, 0) is 30.7 Å². The van der Waals surface area contributed by atoms with Gasteiger partial charge in [0.1, 0.15) is 11.4 Å². The Morgan fingerprint density at radius 1 is 1.09 bits per heavy atom. The minimum atomic E-state index is 0.00445. The molecule has 1 aromatic carbocycles. The number of nitrogens with zero attached hydrogens (tertiary/aromatic N) is 5. The summed E-state index contributed by atoms with van der Waals surface area (Å²) in [6.45, 7) is 7.25. The Kier molecular flexibility index (Phi) is 6.95. The Balaban J connectivity index is 1.51. The summed E-state index contributed by atoms with van der Waals surface area (Å²) in [6, 6.07) is 14.1. The van der Waals surface area contributed by atoms with Crippen molar-refractivity contribution in [3.8, 4) is 5.75 Å². The molecule has 0 N–H and O–H groups in total. The molecule has 2 aromatic heterocycles. The van der Waals surface area contributed by atoms with Crippen molar-refractivity contribution in [2.45, 2.75) is 26.3 Å². The summed E-state index contributed by atoms with van der Waals surface area (Å²) in [7, 11) is 3.59. The molecule has 32 heavy (non-hydrogen) atoms. The average Bonchev–Trinajstić information content (AvgIpc) is 3.20. The van der Waals surface area contributed by atoms with Gasteiger partial charge in [-0.25, -0.2) is 4.98 Å². The number of amides is 1. The van der Waals surface area contributed by atoms with Crippen molar-refractivity contribution in [2.24, 2.45) is 0 Å². The van der Waals surface area contributed by atoms with Gasteiger partial charge in [0, 0.05) is 52.5 Å². The molecule has 3 aromatic rings. The van der Waals surface area contributed by atoms with E-state index < -0.39 is 0 Å². The molecule has 0 unspecified atom stereocenters. The Bertz CT molecular complexity index is 1060. The van der Waals surface area contributed by atoms with E-state index in [2.05, 4.69) is 33.3 Å². The first-order valence-corrected chi connectivity index (χ1v) is 11.4. The minimum Gasteiger partial charge on any atom is -0.495 e. The quantitative estimate of drug-likeness (QED) is 0.542. The van der Waals surface area contributed by atoms with E-state index in [9.17, 15) is 4.79 Å². The number of fused-ring (bicyclic) bond motifs is 1. The van der Waals surface area contributed by atoms with Crippen LogP contribution in [0.4, 0.5) is 5.69 Å². The van der Waals surface area contributed by atoms with Gasteiger partial charge in [0.25, 0.3) is 5.91 Å². The second-order valence-corrected chi connectivity index (χ2v) is 8.35. The molecule has 1 amide bonds. The van der Waals surface area contributed by atoms with Gasteiger partial charge in [-0.1, -0.05) is 31.5 Å². The first-order valence-electron chi connectivity index (χ1n) is 11.4. The van der Waals surface area contributed by atoms with Crippen molar-refractivity contribution in [3.05, 3.63) is 60.0 Å². The second-order valence-electron chi connectivity index (χ2n) is 8.35. The van der Waals surface area contributed by atoms with Gasteiger partial charge in [-0.15, -0.1) is 0 Å². The van der Waals surface area contributed by atoms with Gasteiger partial charge >= 0.3 is 0 Å². The molecule has 0 saturated carbocycles. The van der Waals surface area contributed by atoms with Gasteiger partial charge in [0.05, 0.1) is 18.5 Å². The molecule has 0 spiro atoms. The number of imidazole rings is 1. The molecule has 0 bridgehead atoms. The zero-order valence-electron chi connectivity index (χ0n) is 19.3. The van der Waals surface area contributed by atoms with Crippen LogP contribution in [0.2, 0.25) is 0 Å². The molecule has 1 aliphatic heterocycles. The lowest BCUT2D eigenvalue weighted by atomic mass is 10.2. The normalized spacial score (nSPS) is 14.7. The number of hydrogen-bond donors (Lipinski definition) is 0. The summed E-state index contributed by atoms with van der Waals surface area (Å²) >= 11 is 0. The maximum absolute atomic E-state index is 13.2. The van der Waals surface area contributed by atoms with Crippen molar-refractivity contribution in [2.75, 3.05) is 51.8 Å². The predicted molar refractivity (Wildman–Crippen MR) is 128 cm³/mol. The number of pyridine rings is 1. The number of benzene rings is 1. The smallest absolute Gasteiger partial charge is 0.274 e. The van der Waals surface area contributed by atoms with Crippen LogP contribution in [0.25, 0.3) is 5.65 Å². The number of piperazine rings is 1. The third-order valence-corrected chi connectivity index (χ3v) is 6.20. The maximum atomic E-state index is 13.2. The van der Waals surface area contributed by atoms with Crippen LogP contribution in [-0.4, -0.2) is 72.0 Å². The summed E-state index contributed by atoms with van der Waals surface area (Å²) < 4.78 is 7.61. The second kappa shape index (κ2) is 10.0. The van der Waals surface area contributed by atoms with E-state index in [-0.39, 0.29) is 5.91 Å². The Labute approximate surface area is 190 Å². The monoisotopic (exact) mass is 435 g/mol. The lowest BCUT2D eigenvalue weighted by Crippen LogP contribution is -2.46. The third-order valence-electron chi connectivity index (χ3n) is 6.20. The standard InChI is InChI=1S/C25H33N5O2/c1-4-5-13-27(2)25(31)24-21(30-14-9-8-12-23(30)26-24)19-28-15-17-29(18-16-28)20-10-6-7-11-22(20)32-3/h6-12,14H,4-5,13,15-19H2,1-3H3. The SMILES string of the molecule is CCCCN(C)C(=O)c1nc2ccccn2c1CN1CCN(c2ccccc2OC)CC1. The molecule has 7 heteroatoms. The summed E-state index contributed by atoms with van der Waals surface area (Å²) in [5.41, 5.74) is 3.50. The Hall–Kier alpha value is -3.06. The maximum Gasteiger partial charge on any atom is 0.274 e. The summed E-state index contributed by atoms with van der Waals surface area (Å²) in [6.07, 6.45) is 4.06. The van der Waals surface area contributed by atoms with Crippen molar-refractivity contribution in [3.63, 3.8) is 0 Å². The number of carbonyl (C=O) groups excluding carboxylic acids is 1. The number of ether oxygens (including phenoxy) is 1. The summed E-state index contributed by atoms with van der Waals surface area (Å²) in [4.78, 5) is 24.5. The molecule has 0 aliphatic carbocycles. The van der Waals surface area contributed by atoms with E-state index >= 15 is 0 Å². The highest BCUT2D eigenvalue weighted by atomic mass is 16.5. The van der Waals surface area contributed by atoms with Gasteiger partial charge in [0.2, 0.25) is 0 Å². The zero-order chi connectivity index (χ0) is 22.5. The van der Waals surface area contributed by atoms with Crippen LogP contribution in [0.3, 0.4) is 0 Å². The molecule has 7 nitrogen and oxygen atoms in total. The van der Waals surface area contributed by atoms with Gasteiger partial charge in [-0.2, -0.15) is 0 Å². The van der Waals surface area contributed by atoms with Gasteiger partial charge in [-0.3, -0.25) is 9.69 Å². The molecule has 0 atom stereocenters. The fourth-order valence-corrected chi connectivity index (χ4v) is 4.30. The molecular weight excluding hydrogens is 402 g/mol. The van der Waals surface area contributed by atoms with Gasteiger partial charge in [0.15, 0.2) is 5.69 Å². The van der Waals surface area contributed by atoms with Crippen LogP contribution >= 0.6 is 0 Å². The van der Waals surface area contributed by atoms with Crippen molar-refractivity contribution in [1.82, 2.24) is 19.2 Å². The molecule has 1 aliphatic rings. The number of hydrogen-bond acceptors (Lipinski definition) is 5. The largest absolute Gasteiger partial charge is 0.495 e. The van der Waals surface area contributed by atoms with E-state index in [4.69, 9.17) is 9.72 Å². The van der Waals surface area contributed by atoms with E-state index in [1.54, 1.807) is 12.0 Å². The van der Waals surface area contributed by atoms with Crippen molar-refractivity contribution >= 4 is 17.2 Å². The lowest BCUT2D eigenvalue weighted by Gasteiger charge is -2.36. The highest BCUT2D eigenvalue weighted by Crippen LogP contribution is 2.28. The average molecular weight is 436 g/mol. The van der Waals surface area contributed by atoms with Crippen molar-refractivity contribution < 1.29 is 9.53 Å². The van der Waals surface area contributed by atoms with Crippen LogP contribution in [0.5, 0.6) is 5.75 Å². The number of methoxy groups -OCH3 is 1. The third kappa shape index (κ3) is 4.58. The van der Waals surface area contributed by atoms with E-state index in [1.807, 2.05) is 43.6 Å². The number of anilines is 1. The summed E-state index contributed by atoms with van der Waals surface area (Å²) in [5.74, 6) is 0.913. The highest BCUT2D eigenvalue weighted by Gasteiger charge is 2.25. The number of carbonyl (C=O) groups is 1. The van der Waals surface area contributed by atoms with E-state index in [0.717, 1.165) is 68.3 Å². The van der Waals surface area contributed by atoms with Crippen LogP contribution < -0.4 is 9.64 Å². The van der Waals surface area contributed by atoms with Crippen LogP contribution in [0, 0.1) is 0 Å². The van der Waals surface area contributed by atoms with Crippen LogP contribution in [0.1, 0.15) is 35.9 Å². The predicted octanol–water partition coefficient (Wildman–Crippen LogP) is 3.54. The molecule has 170 valence electrons. The first-order chi connectivity index (χ1) is 15.6. The Morgan fingerprint density at radius 2 is 1.84 bits per heavy atom. The molecule has 0 radical (unpaired) electrons. The van der Waals surface area contributed by atoms with Crippen molar-refractivity contribution in [1.29, 1.82) is 0 Å².